The lowest BCUT2D eigenvalue weighted by molar-refractivity contribution is 0.0925. The number of rotatable bonds is 3. The van der Waals surface area contributed by atoms with Crippen molar-refractivity contribution in [1.82, 2.24) is 15.5 Å². The molecule has 1 aromatic heterocycles. The molecule has 1 fully saturated rings. The summed E-state index contributed by atoms with van der Waals surface area (Å²) in [6.07, 6.45) is 6.64. The Morgan fingerprint density at radius 1 is 1.48 bits per heavy atom. The van der Waals surface area contributed by atoms with Crippen LogP contribution < -0.4 is 11.1 Å². The fourth-order valence-electron chi connectivity index (χ4n) is 2.95. The average molecular weight is 304 g/mol. The van der Waals surface area contributed by atoms with Crippen LogP contribution in [0.2, 0.25) is 0 Å². The van der Waals surface area contributed by atoms with E-state index in [-0.39, 0.29) is 11.9 Å². The van der Waals surface area contributed by atoms with Crippen molar-refractivity contribution in [1.29, 1.82) is 0 Å². The molecule has 21 heavy (non-hydrogen) atoms. The first kappa shape index (κ1) is 14.3. The van der Waals surface area contributed by atoms with Crippen molar-refractivity contribution >= 4 is 34.3 Å². The van der Waals surface area contributed by atoms with Gasteiger partial charge in [-0.3, -0.25) is 9.89 Å². The molecule has 0 aliphatic heterocycles. The number of hydrogen-bond donors (Lipinski definition) is 3. The molecular formula is C15H20N4OS. The SMILES string of the molecule is CSC1CCCC(NC(=O)c2n[nH]c3ccc(N)cc23)C1. The van der Waals surface area contributed by atoms with Crippen molar-refractivity contribution in [3.8, 4) is 0 Å². The van der Waals surface area contributed by atoms with Gasteiger partial charge in [0.1, 0.15) is 0 Å². The molecule has 1 amide bonds. The molecule has 2 aromatic rings. The minimum absolute atomic E-state index is 0.112. The Labute approximate surface area is 128 Å². The number of carbonyl (C=O) groups excluding carboxylic acids is 1. The highest BCUT2D eigenvalue weighted by Crippen LogP contribution is 2.27. The number of H-pyrrole nitrogens is 1. The molecule has 5 nitrogen and oxygen atoms in total. The number of hydrogen-bond acceptors (Lipinski definition) is 4. The van der Waals surface area contributed by atoms with Gasteiger partial charge in [0.05, 0.1) is 5.52 Å². The molecule has 0 bridgehead atoms. The zero-order valence-electron chi connectivity index (χ0n) is 12.1. The van der Waals surface area contributed by atoms with Crippen LogP contribution in [0.25, 0.3) is 10.9 Å². The number of aromatic nitrogens is 2. The van der Waals surface area contributed by atoms with Gasteiger partial charge in [-0.05, 0) is 43.7 Å². The number of thioether (sulfide) groups is 1. The van der Waals surface area contributed by atoms with Crippen LogP contribution in [0.15, 0.2) is 18.2 Å². The first-order valence-electron chi connectivity index (χ1n) is 7.24. The van der Waals surface area contributed by atoms with Gasteiger partial charge < -0.3 is 11.1 Å². The zero-order valence-corrected chi connectivity index (χ0v) is 12.9. The van der Waals surface area contributed by atoms with Crippen molar-refractivity contribution in [2.75, 3.05) is 12.0 Å². The molecule has 6 heteroatoms. The van der Waals surface area contributed by atoms with E-state index in [0.717, 1.165) is 23.7 Å². The van der Waals surface area contributed by atoms with Gasteiger partial charge >= 0.3 is 0 Å². The number of nitrogens with two attached hydrogens (primary N) is 1. The Hall–Kier alpha value is -1.69. The maximum atomic E-state index is 12.5. The predicted octanol–water partition coefficient (Wildman–Crippen LogP) is 2.55. The van der Waals surface area contributed by atoms with Crippen molar-refractivity contribution in [2.24, 2.45) is 0 Å². The molecule has 1 aliphatic carbocycles. The van der Waals surface area contributed by atoms with E-state index in [9.17, 15) is 4.79 Å². The summed E-state index contributed by atoms with van der Waals surface area (Å²) in [6.45, 7) is 0. The minimum atomic E-state index is -0.112. The highest BCUT2D eigenvalue weighted by molar-refractivity contribution is 7.99. The number of amides is 1. The molecule has 3 rings (SSSR count). The molecule has 2 atom stereocenters. The summed E-state index contributed by atoms with van der Waals surface area (Å²) in [5.41, 5.74) is 7.70. The highest BCUT2D eigenvalue weighted by atomic mass is 32.2. The Morgan fingerprint density at radius 2 is 2.33 bits per heavy atom. The molecule has 1 aromatic carbocycles. The number of anilines is 1. The second-order valence-electron chi connectivity index (χ2n) is 5.57. The summed E-state index contributed by atoms with van der Waals surface area (Å²) < 4.78 is 0. The fourth-order valence-corrected chi connectivity index (χ4v) is 3.78. The number of fused-ring (bicyclic) bond motifs is 1. The molecule has 1 aliphatic rings. The van der Waals surface area contributed by atoms with Crippen LogP contribution in [-0.4, -0.2) is 33.7 Å². The summed E-state index contributed by atoms with van der Waals surface area (Å²) in [5, 5.41) is 11.6. The number of nitrogens with zero attached hydrogens (tertiary/aromatic N) is 1. The number of carbonyl (C=O) groups is 1. The average Bonchev–Trinajstić information content (AvgIpc) is 2.90. The van der Waals surface area contributed by atoms with Crippen LogP contribution >= 0.6 is 11.8 Å². The fraction of sp³-hybridized carbons (Fsp3) is 0.467. The quantitative estimate of drug-likeness (QED) is 0.761. The van der Waals surface area contributed by atoms with E-state index in [0.29, 0.717) is 16.6 Å². The lowest BCUT2D eigenvalue weighted by atomic mass is 9.95. The van der Waals surface area contributed by atoms with Gasteiger partial charge in [-0.15, -0.1) is 0 Å². The Morgan fingerprint density at radius 3 is 3.14 bits per heavy atom. The van der Waals surface area contributed by atoms with Gasteiger partial charge in [-0.25, -0.2) is 0 Å². The topological polar surface area (TPSA) is 83.8 Å². The van der Waals surface area contributed by atoms with E-state index >= 15 is 0 Å². The first-order chi connectivity index (χ1) is 10.2. The monoisotopic (exact) mass is 304 g/mol. The van der Waals surface area contributed by atoms with E-state index in [1.807, 2.05) is 17.8 Å². The summed E-state index contributed by atoms with van der Waals surface area (Å²) in [6, 6.07) is 5.68. The third-order valence-electron chi connectivity index (χ3n) is 4.10. The van der Waals surface area contributed by atoms with Gasteiger partial charge in [0.15, 0.2) is 5.69 Å². The normalized spacial score (nSPS) is 22.3. The number of nitrogens with one attached hydrogen (secondary N) is 2. The van der Waals surface area contributed by atoms with Gasteiger partial charge in [-0.1, -0.05) is 6.42 Å². The second kappa shape index (κ2) is 5.97. The Balaban J connectivity index is 1.76. The zero-order chi connectivity index (χ0) is 14.8. The smallest absolute Gasteiger partial charge is 0.272 e. The first-order valence-corrected chi connectivity index (χ1v) is 8.53. The van der Waals surface area contributed by atoms with Crippen LogP contribution in [0.4, 0.5) is 5.69 Å². The molecule has 2 unspecified atom stereocenters. The lowest BCUT2D eigenvalue weighted by Crippen LogP contribution is -2.39. The van der Waals surface area contributed by atoms with Gasteiger partial charge in [-0.2, -0.15) is 16.9 Å². The lowest BCUT2D eigenvalue weighted by Gasteiger charge is -2.28. The van der Waals surface area contributed by atoms with Crippen LogP contribution in [0.1, 0.15) is 36.2 Å². The van der Waals surface area contributed by atoms with E-state index in [4.69, 9.17) is 5.73 Å². The van der Waals surface area contributed by atoms with Crippen LogP contribution in [0.3, 0.4) is 0 Å². The number of nitrogen functional groups attached to an aromatic ring is 1. The summed E-state index contributed by atoms with van der Waals surface area (Å²) >= 11 is 1.89. The van der Waals surface area contributed by atoms with Crippen LogP contribution in [0.5, 0.6) is 0 Å². The van der Waals surface area contributed by atoms with Crippen molar-refractivity contribution in [2.45, 2.75) is 37.0 Å². The van der Waals surface area contributed by atoms with E-state index in [2.05, 4.69) is 21.8 Å². The van der Waals surface area contributed by atoms with Crippen molar-refractivity contribution in [3.63, 3.8) is 0 Å². The highest BCUT2D eigenvalue weighted by Gasteiger charge is 2.24. The Bertz CT molecular complexity index is 654. The van der Waals surface area contributed by atoms with Gasteiger partial charge in [0.25, 0.3) is 5.91 Å². The minimum Gasteiger partial charge on any atom is -0.399 e. The van der Waals surface area contributed by atoms with Crippen molar-refractivity contribution < 1.29 is 4.79 Å². The summed E-state index contributed by atoms with van der Waals surface area (Å²) in [7, 11) is 0. The molecule has 0 radical (unpaired) electrons. The standard InChI is InChI=1S/C15H20N4OS/c1-21-11-4-2-3-10(8-11)17-15(20)14-12-7-9(16)5-6-13(12)18-19-14/h5-7,10-11H,2-4,8,16H2,1H3,(H,17,20)(H,18,19). The summed E-state index contributed by atoms with van der Waals surface area (Å²) in [4.78, 5) is 12.5. The molecular weight excluding hydrogens is 284 g/mol. The number of benzene rings is 1. The maximum Gasteiger partial charge on any atom is 0.272 e. The third kappa shape index (κ3) is 3.00. The molecule has 112 valence electrons. The molecule has 4 N–H and O–H groups in total. The van der Waals surface area contributed by atoms with E-state index in [1.165, 1.54) is 12.8 Å². The Kier molecular flexibility index (Phi) is 4.05. The van der Waals surface area contributed by atoms with Gasteiger partial charge in [0, 0.05) is 22.4 Å². The maximum absolute atomic E-state index is 12.5. The molecule has 1 heterocycles. The number of aromatic amines is 1. The predicted molar refractivity (Wildman–Crippen MR) is 87.5 cm³/mol. The molecule has 0 saturated heterocycles. The van der Waals surface area contributed by atoms with E-state index in [1.54, 1.807) is 12.1 Å². The van der Waals surface area contributed by atoms with Crippen LogP contribution in [-0.2, 0) is 0 Å². The van der Waals surface area contributed by atoms with Crippen LogP contribution in [0, 0.1) is 0 Å². The largest absolute Gasteiger partial charge is 0.399 e. The van der Waals surface area contributed by atoms with Crippen molar-refractivity contribution in [3.05, 3.63) is 23.9 Å². The molecule has 0 spiro atoms. The third-order valence-corrected chi connectivity index (χ3v) is 5.19. The summed E-state index contributed by atoms with van der Waals surface area (Å²) in [5.74, 6) is -0.112. The van der Waals surface area contributed by atoms with Gasteiger partial charge in [0.2, 0.25) is 0 Å². The second-order valence-corrected chi connectivity index (χ2v) is 6.71. The van der Waals surface area contributed by atoms with E-state index < -0.39 is 0 Å². The molecule has 1 saturated carbocycles.